The fourth-order valence-electron chi connectivity index (χ4n) is 6.09. The van der Waals surface area contributed by atoms with Gasteiger partial charge in [-0.3, -0.25) is 0 Å². The Bertz CT molecular complexity index is 899. The van der Waals surface area contributed by atoms with Crippen molar-refractivity contribution in [1.82, 2.24) is 0 Å². The Hall–Kier alpha value is -1.76. The molecule has 0 saturated heterocycles. The molecular weight excluding hydrogens is 400 g/mol. The third-order valence-corrected chi connectivity index (χ3v) is 8.52. The van der Waals surface area contributed by atoms with Crippen molar-refractivity contribution in [2.45, 2.75) is 129 Å². The van der Waals surface area contributed by atoms with Crippen LogP contribution in [0.1, 0.15) is 126 Å². The lowest BCUT2D eigenvalue weighted by Gasteiger charge is -2.36. The molecule has 2 aliphatic carbocycles. The Balaban J connectivity index is 1.54. The van der Waals surface area contributed by atoms with E-state index in [1.165, 1.54) is 75.3 Å². The maximum absolute atomic E-state index is 6.64. The van der Waals surface area contributed by atoms with Crippen LogP contribution in [0.2, 0.25) is 0 Å². The molecule has 0 N–H and O–H groups in total. The summed E-state index contributed by atoms with van der Waals surface area (Å²) in [5, 5.41) is 0. The Morgan fingerprint density at radius 2 is 0.970 bits per heavy atom. The van der Waals surface area contributed by atoms with Crippen molar-refractivity contribution in [3.63, 3.8) is 0 Å². The highest BCUT2D eigenvalue weighted by atomic mass is 16.5. The number of ether oxygens (including phenoxy) is 1. The van der Waals surface area contributed by atoms with E-state index in [1.807, 2.05) is 0 Å². The number of hydrogen-bond donors (Lipinski definition) is 0. The molecule has 4 rings (SSSR count). The number of benzene rings is 2. The van der Waals surface area contributed by atoms with Gasteiger partial charge in [-0.05, 0) is 94.9 Å². The first-order valence-corrected chi connectivity index (χ1v) is 13.8. The van der Waals surface area contributed by atoms with Gasteiger partial charge in [0.1, 0.15) is 11.5 Å². The summed E-state index contributed by atoms with van der Waals surface area (Å²) in [5.74, 6) is 2.21. The molecule has 0 aliphatic heterocycles. The van der Waals surface area contributed by atoms with Gasteiger partial charge in [-0.2, -0.15) is 0 Å². The van der Waals surface area contributed by atoms with E-state index in [0.717, 1.165) is 24.3 Å². The van der Waals surface area contributed by atoms with Crippen LogP contribution in [0.15, 0.2) is 24.3 Å². The Morgan fingerprint density at radius 3 is 1.30 bits per heavy atom. The highest BCUT2D eigenvalue weighted by Crippen LogP contribution is 2.46. The lowest BCUT2D eigenvalue weighted by atomic mass is 9.71. The third kappa shape index (κ3) is 4.89. The molecule has 33 heavy (non-hydrogen) atoms. The van der Waals surface area contributed by atoms with Crippen LogP contribution < -0.4 is 4.74 Å². The van der Waals surface area contributed by atoms with Crippen LogP contribution in [0.4, 0.5) is 0 Å². The number of fused-ring (bicyclic) bond motifs is 2. The topological polar surface area (TPSA) is 9.23 Å². The zero-order valence-corrected chi connectivity index (χ0v) is 22.2. The average molecular weight is 447 g/mol. The second-order valence-corrected chi connectivity index (χ2v) is 11.9. The zero-order valence-electron chi connectivity index (χ0n) is 22.2. The van der Waals surface area contributed by atoms with E-state index in [0.29, 0.717) is 0 Å². The molecule has 0 heterocycles. The monoisotopic (exact) mass is 446 g/mol. The Morgan fingerprint density at radius 1 is 0.576 bits per heavy atom. The summed E-state index contributed by atoms with van der Waals surface area (Å²) in [4.78, 5) is 0. The van der Waals surface area contributed by atoms with Crippen LogP contribution in [0.5, 0.6) is 11.5 Å². The van der Waals surface area contributed by atoms with Crippen LogP contribution >= 0.6 is 0 Å². The smallest absolute Gasteiger partial charge is 0.130 e. The zero-order chi connectivity index (χ0) is 23.6. The first-order chi connectivity index (χ1) is 15.8. The second kappa shape index (κ2) is 9.85. The Labute approximate surface area is 203 Å². The van der Waals surface area contributed by atoms with Crippen LogP contribution in [0, 0.1) is 0 Å². The largest absolute Gasteiger partial charge is 0.457 e. The molecule has 180 valence electrons. The van der Waals surface area contributed by atoms with Gasteiger partial charge in [-0.1, -0.05) is 92.2 Å². The van der Waals surface area contributed by atoms with E-state index in [4.69, 9.17) is 4.74 Å². The van der Waals surface area contributed by atoms with Crippen molar-refractivity contribution in [3.05, 3.63) is 57.6 Å². The predicted octanol–water partition coefficient (Wildman–Crippen LogP) is 9.39. The first-order valence-electron chi connectivity index (χ1n) is 13.8. The molecule has 2 aromatic rings. The van der Waals surface area contributed by atoms with Crippen molar-refractivity contribution in [2.24, 2.45) is 0 Å². The number of rotatable bonds is 12. The van der Waals surface area contributed by atoms with Gasteiger partial charge in [-0.15, -0.1) is 0 Å². The number of hydrogen-bond acceptors (Lipinski definition) is 1. The van der Waals surface area contributed by atoms with Crippen molar-refractivity contribution in [1.29, 1.82) is 0 Å². The summed E-state index contributed by atoms with van der Waals surface area (Å²) in [6.07, 6.45) is 15.2. The van der Waals surface area contributed by atoms with E-state index in [-0.39, 0.29) is 10.8 Å². The van der Waals surface area contributed by atoms with E-state index in [9.17, 15) is 0 Å². The summed E-state index contributed by atoms with van der Waals surface area (Å²) < 4.78 is 6.64. The first kappa shape index (κ1) is 24.4. The van der Waals surface area contributed by atoms with E-state index >= 15 is 0 Å². The maximum atomic E-state index is 6.64. The fourth-order valence-corrected chi connectivity index (χ4v) is 6.09. The molecule has 2 aliphatic rings. The number of unbranched alkanes of at least 4 members (excludes halogenated alkanes) is 4. The predicted molar refractivity (Wildman–Crippen MR) is 142 cm³/mol. The average Bonchev–Trinajstić information content (AvgIpc) is 2.70. The molecule has 0 spiro atoms. The fraction of sp³-hybridized carbons (Fsp3) is 0.625. The minimum absolute atomic E-state index is 0.257. The Kier molecular flexibility index (Phi) is 7.27. The highest BCUT2D eigenvalue weighted by Gasteiger charge is 2.32. The summed E-state index contributed by atoms with van der Waals surface area (Å²) in [6.45, 7) is 14.3. The summed E-state index contributed by atoms with van der Waals surface area (Å²) >= 11 is 0. The minimum Gasteiger partial charge on any atom is -0.457 e. The third-order valence-electron chi connectivity index (χ3n) is 8.52. The van der Waals surface area contributed by atoms with Gasteiger partial charge in [0.15, 0.2) is 0 Å². The summed E-state index contributed by atoms with van der Waals surface area (Å²) in [6, 6.07) is 9.28. The summed E-state index contributed by atoms with van der Waals surface area (Å²) in [5.41, 5.74) is 9.71. The molecule has 1 heteroatoms. The molecule has 0 aromatic heterocycles. The van der Waals surface area contributed by atoms with Gasteiger partial charge < -0.3 is 4.74 Å². The lowest BCUT2D eigenvalue weighted by Crippen LogP contribution is -2.25. The van der Waals surface area contributed by atoms with E-state index in [2.05, 4.69) is 65.8 Å². The van der Waals surface area contributed by atoms with Gasteiger partial charge in [0.2, 0.25) is 0 Å². The van der Waals surface area contributed by atoms with Gasteiger partial charge in [-0.25, -0.2) is 0 Å². The molecule has 2 aromatic carbocycles. The van der Waals surface area contributed by atoms with E-state index in [1.54, 1.807) is 22.3 Å². The van der Waals surface area contributed by atoms with Gasteiger partial charge >= 0.3 is 0 Å². The summed E-state index contributed by atoms with van der Waals surface area (Å²) in [7, 11) is 0. The molecule has 1 nitrogen and oxygen atoms in total. The quantitative estimate of drug-likeness (QED) is 0.295. The SMILES string of the molecule is CCCCCC(C)(C)c1ccc(Oc2ccc(C(C)(C)CCCCC)c3c2CC3)c2c1CC2. The molecule has 0 radical (unpaired) electrons. The van der Waals surface area contributed by atoms with Crippen molar-refractivity contribution < 1.29 is 4.74 Å². The standard InChI is InChI=1S/C32H46O/c1-7-9-11-21-31(3,4)27-17-19-29(25-15-13-23(25)27)33-30-20-18-28(24-14-16-26(24)30)32(5,6)22-12-10-8-2/h17-20H,7-16,21-22H2,1-6H3. The molecule has 0 fully saturated rings. The van der Waals surface area contributed by atoms with Crippen molar-refractivity contribution in [3.8, 4) is 11.5 Å². The van der Waals surface area contributed by atoms with Crippen LogP contribution in [-0.4, -0.2) is 0 Å². The normalized spacial score (nSPS) is 14.8. The van der Waals surface area contributed by atoms with Gasteiger partial charge in [0, 0.05) is 0 Å². The van der Waals surface area contributed by atoms with E-state index < -0.39 is 0 Å². The molecule has 0 bridgehead atoms. The molecule has 0 atom stereocenters. The maximum Gasteiger partial charge on any atom is 0.130 e. The van der Waals surface area contributed by atoms with Gasteiger partial charge in [0.25, 0.3) is 0 Å². The van der Waals surface area contributed by atoms with Crippen LogP contribution in [0.3, 0.4) is 0 Å². The van der Waals surface area contributed by atoms with Crippen molar-refractivity contribution >= 4 is 0 Å². The van der Waals surface area contributed by atoms with Crippen LogP contribution in [-0.2, 0) is 36.5 Å². The van der Waals surface area contributed by atoms with Crippen molar-refractivity contribution in [2.75, 3.05) is 0 Å². The molecular formula is C32H46O. The molecule has 0 saturated carbocycles. The highest BCUT2D eigenvalue weighted by molar-refractivity contribution is 5.57. The molecule has 0 unspecified atom stereocenters. The lowest BCUT2D eigenvalue weighted by molar-refractivity contribution is 0.427. The minimum atomic E-state index is 0.257. The van der Waals surface area contributed by atoms with Crippen LogP contribution in [0.25, 0.3) is 0 Å². The molecule has 0 amide bonds. The second-order valence-electron chi connectivity index (χ2n) is 11.9. The van der Waals surface area contributed by atoms with Gasteiger partial charge in [0.05, 0.1) is 0 Å².